The summed E-state index contributed by atoms with van der Waals surface area (Å²) >= 11 is 9.20. The molecule has 0 radical (unpaired) electrons. The number of nitrogens with one attached hydrogen (secondary N) is 1. The minimum atomic E-state index is -0.187. The fraction of sp³-hybridized carbons (Fsp3) is 0.800. The second-order valence-electron chi connectivity index (χ2n) is 3.89. The Bertz CT molecular complexity index is 224. The predicted molar refractivity (Wildman–Crippen MR) is 65.8 cm³/mol. The van der Waals surface area contributed by atoms with Crippen molar-refractivity contribution < 1.29 is 4.79 Å². The van der Waals surface area contributed by atoms with Gasteiger partial charge in [0.25, 0.3) is 0 Å². The van der Waals surface area contributed by atoms with E-state index in [0.717, 1.165) is 12.8 Å². The van der Waals surface area contributed by atoms with Crippen molar-refractivity contribution in [2.45, 2.75) is 44.3 Å². The lowest BCUT2D eigenvalue weighted by Gasteiger charge is -2.25. The number of carbonyl (C=O) groups excluding carboxylic acids is 1. The van der Waals surface area contributed by atoms with Crippen molar-refractivity contribution in [1.29, 1.82) is 0 Å². The number of hydrogen-bond donors (Lipinski definition) is 2. The van der Waals surface area contributed by atoms with E-state index in [0.29, 0.717) is 10.9 Å². The number of thiocarbonyl (C=S) groups is 1. The van der Waals surface area contributed by atoms with Crippen LogP contribution in [0.15, 0.2) is 0 Å². The molecule has 0 heterocycles. The standard InChI is InChI=1S/C10H17NOS2/c1-7(13)11-10(12)9(14)8-5-3-2-4-6-8/h8-9,14H,2-6H2,1H3,(H,11,12,13). The topological polar surface area (TPSA) is 29.1 Å². The van der Waals surface area contributed by atoms with Gasteiger partial charge in [-0.25, -0.2) is 0 Å². The second kappa shape index (κ2) is 5.71. The van der Waals surface area contributed by atoms with E-state index in [1.54, 1.807) is 6.92 Å². The summed E-state index contributed by atoms with van der Waals surface area (Å²) in [5, 5.41) is 2.47. The maximum atomic E-state index is 11.6. The number of rotatable bonds is 2. The number of carbonyl (C=O) groups is 1. The van der Waals surface area contributed by atoms with Crippen LogP contribution in [0, 0.1) is 5.92 Å². The van der Waals surface area contributed by atoms with Gasteiger partial charge in [0.15, 0.2) is 0 Å². The third-order valence-electron chi connectivity index (χ3n) is 2.66. The highest BCUT2D eigenvalue weighted by Crippen LogP contribution is 2.28. The smallest absolute Gasteiger partial charge is 0.237 e. The van der Waals surface area contributed by atoms with E-state index in [2.05, 4.69) is 17.9 Å². The molecule has 14 heavy (non-hydrogen) atoms. The van der Waals surface area contributed by atoms with Crippen molar-refractivity contribution in [2.75, 3.05) is 0 Å². The van der Waals surface area contributed by atoms with Gasteiger partial charge in [-0.1, -0.05) is 31.5 Å². The summed E-state index contributed by atoms with van der Waals surface area (Å²) in [5.41, 5.74) is 0. The first-order valence-corrected chi connectivity index (χ1v) is 6.03. The summed E-state index contributed by atoms with van der Waals surface area (Å²) in [6, 6.07) is 0. The molecular formula is C10H17NOS2. The molecule has 0 aromatic carbocycles. The molecule has 0 saturated heterocycles. The average molecular weight is 231 g/mol. The molecule has 1 aliphatic rings. The van der Waals surface area contributed by atoms with Gasteiger partial charge in [0, 0.05) is 0 Å². The summed E-state index contributed by atoms with van der Waals surface area (Å²) in [5.74, 6) is 0.397. The van der Waals surface area contributed by atoms with Crippen molar-refractivity contribution in [2.24, 2.45) is 5.92 Å². The Morgan fingerprint density at radius 3 is 2.50 bits per heavy atom. The van der Waals surface area contributed by atoms with Crippen LogP contribution in [-0.4, -0.2) is 16.1 Å². The highest BCUT2D eigenvalue weighted by Gasteiger charge is 2.26. The monoisotopic (exact) mass is 231 g/mol. The molecule has 0 aliphatic heterocycles. The molecule has 80 valence electrons. The van der Waals surface area contributed by atoms with E-state index < -0.39 is 0 Å². The van der Waals surface area contributed by atoms with Crippen LogP contribution >= 0.6 is 24.8 Å². The molecule has 1 aliphatic carbocycles. The van der Waals surface area contributed by atoms with Gasteiger partial charge in [0.2, 0.25) is 5.91 Å². The van der Waals surface area contributed by atoms with E-state index in [1.807, 2.05) is 0 Å². The van der Waals surface area contributed by atoms with Crippen molar-refractivity contribution in [3.8, 4) is 0 Å². The molecule has 2 nitrogen and oxygen atoms in total. The molecule has 1 saturated carbocycles. The molecule has 0 bridgehead atoms. The number of thiol groups is 1. The molecule has 1 rings (SSSR count). The van der Waals surface area contributed by atoms with E-state index in [1.165, 1.54) is 19.3 Å². The van der Waals surface area contributed by atoms with E-state index in [9.17, 15) is 4.79 Å². The van der Waals surface area contributed by atoms with Crippen molar-refractivity contribution >= 4 is 35.7 Å². The third-order valence-corrected chi connectivity index (χ3v) is 3.42. The Kier molecular flexibility index (Phi) is 4.89. The molecular weight excluding hydrogens is 214 g/mol. The average Bonchev–Trinajstić information content (AvgIpc) is 2.17. The van der Waals surface area contributed by atoms with Crippen molar-refractivity contribution in [1.82, 2.24) is 5.32 Å². The molecule has 0 spiro atoms. The highest BCUT2D eigenvalue weighted by molar-refractivity contribution is 7.82. The van der Waals surface area contributed by atoms with Crippen molar-refractivity contribution in [3.05, 3.63) is 0 Å². The van der Waals surface area contributed by atoms with Crippen molar-refractivity contribution in [3.63, 3.8) is 0 Å². The van der Waals surface area contributed by atoms with E-state index >= 15 is 0 Å². The summed E-state index contributed by atoms with van der Waals surface area (Å²) in [7, 11) is 0. The molecule has 1 fully saturated rings. The van der Waals surface area contributed by atoms with Crippen LogP contribution in [0.3, 0.4) is 0 Å². The zero-order chi connectivity index (χ0) is 10.6. The molecule has 1 atom stereocenters. The van der Waals surface area contributed by atoms with Gasteiger partial charge in [-0.3, -0.25) is 4.79 Å². The first kappa shape index (κ1) is 12.0. The predicted octanol–water partition coefficient (Wildman–Crippen LogP) is 2.33. The zero-order valence-electron chi connectivity index (χ0n) is 8.45. The maximum absolute atomic E-state index is 11.6. The molecule has 1 amide bonds. The molecule has 0 aromatic heterocycles. The third kappa shape index (κ3) is 3.58. The lowest BCUT2D eigenvalue weighted by molar-refractivity contribution is -0.120. The number of amides is 1. The summed E-state index contributed by atoms with van der Waals surface area (Å²) in [4.78, 5) is 12.1. The SMILES string of the molecule is CC(=S)NC(=O)C(S)C1CCCCC1. The van der Waals surface area contributed by atoms with Crippen LogP contribution in [0.5, 0.6) is 0 Å². The normalized spacial score (nSPS) is 20.1. The fourth-order valence-corrected chi connectivity index (χ4v) is 2.37. The van der Waals surface area contributed by atoms with Crippen LogP contribution in [0.2, 0.25) is 0 Å². The van der Waals surface area contributed by atoms with E-state index in [-0.39, 0.29) is 11.2 Å². The summed E-state index contributed by atoms with van der Waals surface area (Å²) < 4.78 is 0. The van der Waals surface area contributed by atoms with Gasteiger partial charge >= 0.3 is 0 Å². The molecule has 1 unspecified atom stereocenters. The van der Waals surface area contributed by atoms with Gasteiger partial charge < -0.3 is 5.32 Å². The molecule has 0 aromatic rings. The minimum absolute atomic E-state index is 0.0345. The Balaban J connectivity index is 2.41. The Labute approximate surface area is 96.2 Å². The van der Waals surface area contributed by atoms with Gasteiger partial charge in [-0.15, -0.1) is 0 Å². The van der Waals surface area contributed by atoms with Crippen LogP contribution in [0.25, 0.3) is 0 Å². The fourth-order valence-electron chi connectivity index (χ4n) is 1.91. The Morgan fingerprint density at radius 2 is 2.00 bits per heavy atom. The quantitative estimate of drug-likeness (QED) is 0.564. The van der Waals surface area contributed by atoms with Crippen LogP contribution in [0.4, 0.5) is 0 Å². The van der Waals surface area contributed by atoms with Crippen LogP contribution in [0.1, 0.15) is 39.0 Å². The van der Waals surface area contributed by atoms with Gasteiger partial charge in [-0.2, -0.15) is 12.6 Å². The number of hydrogen-bond acceptors (Lipinski definition) is 3. The first-order valence-electron chi connectivity index (χ1n) is 5.10. The Morgan fingerprint density at radius 1 is 1.43 bits per heavy atom. The molecule has 1 N–H and O–H groups in total. The lowest BCUT2D eigenvalue weighted by Crippen LogP contribution is -2.38. The molecule has 4 heteroatoms. The van der Waals surface area contributed by atoms with E-state index in [4.69, 9.17) is 12.2 Å². The van der Waals surface area contributed by atoms with Gasteiger partial charge in [-0.05, 0) is 25.7 Å². The van der Waals surface area contributed by atoms with Crippen LogP contribution < -0.4 is 5.32 Å². The highest BCUT2D eigenvalue weighted by atomic mass is 32.1. The largest absolute Gasteiger partial charge is 0.320 e. The van der Waals surface area contributed by atoms with Gasteiger partial charge in [0.1, 0.15) is 0 Å². The van der Waals surface area contributed by atoms with Gasteiger partial charge in [0.05, 0.1) is 10.2 Å². The van der Waals surface area contributed by atoms with Crippen LogP contribution in [-0.2, 0) is 4.79 Å². The summed E-state index contributed by atoms with van der Waals surface area (Å²) in [6.07, 6.45) is 6.00. The first-order chi connectivity index (χ1) is 6.61. The lowest BCUT2D eigenvalue weighted by atomic mass is 9.86. The second-order valence-corrected chi connectivity index (χ2v) is 5.06. The maximum Gasteiger partial charge on any atom is 0.237 e. The minimum Gasteiger partial charge on any atom is -0.320 e. The zero-order valence-corrected chi connectivity index (χ0v) is 10.2. The summed E-state index contributed by atoms with van der Waals surface area (Å²) in [6.45, 7) is 1.72. The Hall–Kier alpha value is -0.0900.